The molecule has 5 rings (SSSR count). The summed E-state index contributed by atoms with van der Waals surface area (Å²) >= 11 is 5.80. The van der Waals surface area contributed by atoms with Crippen molar-refractivity contribution in [1.29, 1.82) is 0 Å². The lowest BCUT2D eigenvalue weighted by molar-refractivity contribution is -0.117. The predicted molar refractivity (Wildman–Crippen MR) is 113 cm³/mol. The Labute approximate surface area is 177 Å². The van der Waals surface area contributed by atoms with Gasteiger partial charge in [0.05, 0.1) is 5.69 Å². The predicted octanol–water partition coefficient (Wildman–Crippen LogP) is 4.37. The SMILES string of the molecule is O=C(Nc1nc2cccc(-c3ccc(OCc4ccc(Cl)nc4)cc3)n2n1)C1CC1. The number of hydrogen-bond acceptors (Lipinski definition) is 5. The van der Waals surface area contributed by atoms with Gasteiger partial charge in [0.1, 0.15) is 17.5 Å². The molecule has 3 heterocycles. The molecule has 0 bridgehead atoms. The zero-order valence-corrected chi connectivity index (χ0v) is 16.7. The minimum absolute atomic E-state index is 0.00940. The number of halogens is 1. The maximum Gasteiger partial charge on any atom is 0.249 e. The molecular weight excluding hydrogens is 402 g/mol. The van der Waals surface area contributed by atoms with Gasteiger partial charge in [-0.05, 0) is 55.3 Å². The number of hydrogen-bond donors (Lipinski definition) is 1. The highest BCUT2D eigenvalue weighted by Crippen LogP contribution is 2.30. The maximum absolute atomic E-state index is 12.0. The van der Waals surface area contributed by atoms with Gasteiger partial charge < -0.3 is 4.74 Å². The molecule has 150 valence electrons. The van der Waals surface area contributed by atoms with Crippen LogP contribution >= 0.6 is 11.6 Å². The van der Waals surface area contributed by atoms with E-state index < -0.39 is 0 Å². The number of ether oxygens (including phenoxy) is 1. The van der Waals surface area contributed by atoms with E-state index in [-0.39, 0.29) is 11.8 Å². The van der Waals surface area contributed by atoms with E-state index in [1.807, 2.05) is 48.5 Å². The molecule has 1 fully saturated rings. The monoisotopic (exact) mass is 419 g/mol. The normalized spacial score (nSPS) is 13.4. The Morgan fingerprint density at radius 1 is 1.13 bits per heavy atom. The lowest BCUT2D eigenvalue weighted by Crippen LogP contribution is -2.14. The molecule has 4 aromatic rings. The molecule has 0 saturated heterocycles. The second kappa shape index (κ2) is 7.76. The van der Waals surface area contributed by atoms with Gasteiger partial charge in [0.2, 0.25) is 11.9 Å². The zero-order chi connectivity index (χ0) is 20.5. The fraction of sp³-hybridized carbons (Fsp3) is 0.182. The molecule has 0 radical (unpaired) electrons. The van der Waals surface area contributed by atoms with Crippen LogP contribution in [0.4, 0.5) is 5.95 Å². The fourth-order valence-corrected chi connectivity index (χ4v) is 3.23. The Bertz CT molecular complexity index is 1200. The topological polar surface area (TPSA) is 81.4 Å². The Balaban J connectivity index is 1.33. The van der Waals surface area contributed by atoms with Crippen LogP contribution in [0.25, 0.3) is 16.9 Å². The van der Waals surface area contributed by atoms with Crippen LogP contribution in [-0.2, 0) is 11.4 Å². The van der Waals surface area contributed by atoms with Crippen LogP contribution in [-0.4, -0.2) is 25.5 Å². The van der Waals surface area contributed by atoms with Crippen molar-refractivity contribution in [1.82, 2.24) is 19.6 Å². The first-order valence-electron chi connectivity index (χ1n) is 9.66. The van der Waals surface area contributed by atoms with E-state index in [1.165, 1.54) is 0 Å². The van der Waals surface area contributed by atoms with Crippen LogP contribution in [0.2, 0.25) is 5.15 Å². The number of benzene rings is 1. The fourth-order valence-electron chi connectivity index (χ4n) is 3.11. The van der Waals surface area contributed by atoms with Crippen molar-refractivity contribution in [3.8, 4) is 17.0 Å². The molecule has 0 unspecified atom stereocenters. The summed E-state index contributed by atoms with van der Waals surface area (Å²) < 4.78 is 7.55. The number of anilines is 1. The summed E-state index contributed by atoms with van der Waals surface area (Å²) in [5.74, 6) is 1.17. The maximum atomic E-state index is 12.0. The number of nitrogens with one attached hydrogen (secondary N) is 1. The van der Waals surface area contributed by atoms with Gasteiger partial charge in [-0.15, -0.1) is 5.10 Å². The quantitative estimate of drug-likeness (QED) is 0.469. The van der Waals surface area contributed by atoms with Crippen LogP contribution < -0.4 is 10.1 Å². The average Bonchev–Trinajstić information content (AvgIpc) is 3.54. The lowest BCUT2D eigenvalue weighted by Gasteiger charge is -2.08. The van der Waals surface area contributed by atoms with Gasteiger partial charge >= 0.3 is 0 Å². The minimum atomic E-state index is -0.00940. The summed E-state index contributed by atoms with van der Waals surface area (Å²) in [6.45, 7) is 0.409. The molecule has 7 nitrogen and oxygen atoms in total. The molecule has 0 atom stereocenters. The summed E-state index contributed by atoms with van der Waals surface area (Å²) in [4.78, 5) is 20.5. The number of nitrogens with zero attached hydrogens (tertiary/aromatic N) is 4. The highest BCUT2D eigenvalue weighted by molar-refractivity contribution is 6.29. The molecule has 0 aliphatic heterocycles. The van der Waals surface area contributed by atoms with Crippen LogP contribution in [0.1, 0.15) is 18.4 Å². The Hall–Kier alpha value is -3.45. The van der Waals surface area contributed by atoms with Crippen molar-refractivity contribution < 1.29 is 9.53 Å². The third-order valence-electron chi connectivity index (χ3n) is 4.89. The molecule has 3 aromatic heterocycles. The van der Waals surface area contributed by atoms with Crippen LogP contribution in [0.5, 0.6) is 5.75 Å². The van der Waals surface area contributed by atoms with Crippen molar-refractivity contribution in [3.05, 3.63) is 71.5 Å². The molecule has 1 aliphatic carbocycles. The van der Waals surface area contributed by atoms with Crippen molar-refractivity contribution >= 4 is 29.1 Å². The van der Waals surface area contributed by atoms with Gasteiger partial charge in [0, 0.05) is 23.2 Å². The van der Waals surface area contributed by atoms with Gasteiger partial charge in [0.15, 0.2) is 5.65 Å². The standard InChI is InChI=1S/C22H18ClN5O2/c23-19-11-4-14(12-24-19)13-30-17-9-7-15(8-10-17)18-2-1-3-20-25-22(27-28(18)20)26-21(29)16-5-6-16/h1-4,7-12,16H,5-6,13H2,(H,26,27,29). The van der Waals surface area contributed by atoms with Crippen LogP contribution in [0, 0.1) is 5.92 Å². The number of fused-ring (bicyclic) bond motifs is 1. The van der Waals surface area contributed by atoms with E-state index >= 15 is 0 Å². The first-order valence-corrected chi connectivity index (χ1v) is 10.0. The Morgan fingerprint density at radius 2 is 1.97 bits per heavy atom. The summed E-state index contributed by atoms with van der Waals surface area (Å²) in [6, 6.07) is 17.1. The summed E-state index contributed by atoms with van der Waals surface area (Å²) in [5.41, 5.74) is 3.46. The number of aromatic nitrogens is 4. The summed E-state index contributed by atoms with van der Waals surface area (Å²) in [5, 5.41) is 7.73. The van der Waals surface area contributed by atoms with Crippen molar-refractivity contribution in [2.24, 2.45) is 5.92 Å². The molecule has 1 aromatic carbocycles. The average molecular weight is 420 g/mol. The number of carbonyl (C=O) groups is 1. The minimum Gasteiger partial charge on any atom is -0.489 e. The highest BCUT2D eigenvalue weighted by Gasteiger charge is 2.30. The second-order valence-electron chi connectivity index (χ2n) is 7.18. The van der Waals surface area contributed by atoms with Crippen molar-refractivity contribution in [3.63, 3.8) is 0 Å². The molecule has 1 saturated carbocycles. The second-order valence-corrected chi connectivity index (χ2v) is 7.57. The van der Waals surface area contributed by atoms with Gasteiger partial charge in [-0.3, -0.25) is 10.1 Å². The Kier molecular flexibility index (Phi) is 4.80. The molecule has 1 N–H and O–H groups in total. The molecule has 1 amide bonds. The van der Waals surface area contributed by atoms with Gasteiger partial charge in [0.25, 0.3) is 0 Å². The van der Waals surface area contributed by atoms with E-state index in [1.54, 1.807) is 16.8 Å². The third-order valence-corrected chi connectivity index (χ3v) is 5.11. The third kappa shape index (κ3) is 3.97. The molecule has 30 heavy (non-hydrogen) atoms. The van der Waals surface area contributed by atoms with E-state index in [4.69, 9.17) is 16.3 Å². The first-order chi connectivity index (χ1) is 14.7. The number of carbonyl (C=O) groups excluding carboxylic acids is 1. The van der Waals surface area contributed by atoms with Crippen molar-refractivity contribution in [2.45, 2.75) is 19.4 Å². The zero-order valence-electron chi connectivity index (χ0n) is 16.0. The number of rotatable bonds is 6. The molecule has 0 spiro atoms. The number of pyridine rings is 2. The van der Waals surface area contributed by atoms with Gasteiger partial charge in [-0.25, -0.2) is 9.50 Å². The van der Waals surface area contributed by atoms with E-state index in [0.717, 1.165) is 35.4 Å². The van der Waals surface area contributed by atoms with Crippen molar-refractivity contribution in [2.75, 3.05) is 5.32 Å². The summed E-state index contributed by atoms with van der Waals surface area (Å²) in [7, 11) is 0. The highest BCUT2D eigenvalue weighted by atomic mass is 35.5. The molecule has 8 heteroatoms. The lowest BCUT2D eigenvalue weighted by atomic mass is 10.1. The van der Waals surface area contributed by atoms with E-state index in [9.17, 15) is 4.79 Å². The number of amides is 1. The van der Waals surface area contributed by atoms with E-state index in [2.05, 4.69) is 20.4 Å². The molecule has 1 aliphatic rings. The van der Waals surface area contributed by atoms with Crippen LogP contribution in [0.15, 0.2) is 60.8 Å². The smallest absolute Gasteiger partial charge is 0.249 e. The Morgan fingerprint density at radius 3 is 2.70 bits per heavy atom. The largest absolute Gasteiger partial charge is 0.489 e. The molecular formula is C22H18ClN5O2. The van der Waals surface area contributed by atoms with Gasteiger partial charge in [-0.2, -0.15) is 4.98 Å². The van der Waals surface area contributed by atoms with E-state index in [0.29, 0.717) is 23.4 Å². The first kappa shape index (κ1) is 18.6. The summed E-state index contributed by atoms with van der Waals surface area (Å²) in [6.07, 6.45) is 3.57. The van der Waals surface area contributed by atoms with Crippen LogP contribution in [0.3, 0.4) is 0 Å². The van der Waals surface area contributed by atoms with Gasteiger partial charge in [-0.1, -0.05) is 23.7 Å².